The van der Waals surface area contributed by atoms with Crippen molar-refractivity contribution in [1.29, 1.82) is 0 Å². The van der Waals surface area contributed by atoms with Gasteiger partial charge in [-0.1, -0.05) is 13.0 Å². The Labute approximate surface area is 178 Å². The lowest BCUT2D eigenvalue weighted by Gasteiger charge is -2.48. The molecule has 0 aromatic heterocycles. The second kappa shape index (κ2) is 7.67. The molecule has 30 heavy (non-hydrogen) atoms. The van der Waals surface area contributed by atoms with Crippen LogP contribution in [0.1, 0.15) is 68.9 Å². The molecule has 6 atom stereocenters. The van der Waals surface area contributed by atoms with Crippen LogP contribution in [0.25, 0.3) is 0 Å². The van der Waals surface area contributed by atoms with Gasteiger partial charge in [-0.25, -0.2) is 0 Å². The van der Waals surface area contributed by atoms with E-state index in [1.807, 2.05) is 0 Å². The first kappa shape index (κ1) is 20.0. The van der Waals surface area contributed by atoms with Crippen LogP contribution in [-0.4, -0.2) is 31.8 Å². The molecule has 0 amide bonds. The SMILES string of the molecule is COC(=O)C1C[C@H]2[C@@H]3CCc4cc(OC5CCCCO5)ccc4[C@H]3CC[C@]2(C)C1=O. The highest BCUT2D eigenvalue weighted by atomic mass is 16.7. The molecule has 0 spiro atoms. The fourth-order valence-corrected chi connectivity index (χ4v) is 6.75. The lowest BCUT2D eigenvalue weighted by molar-refractivity contribution is -0.149. The molecule has 2 unspecified atom stereocenters. The molecule has 1 saturated heterocycles. The van der Waals surface area contributed by atoms with Gasteiger partial charge in [0.05, 0.1) is 13.7 Å². The van der Waals surface area contributed by atoms with E-state index in [1.54, 1.807) is 0 Å². The van der Waals surface area contributed by atoms with Gasteiger partial charge in [0, 0.05) is 11.8 Å². The maximum absolute atomic E-state index is 13.1. The van der Waals surface area contributed by atoms with E-state index in [1.165, 1.54) is 18.2 Å². The normalized spacial score (nSPS) is 37.7. The quantitative estimate of drug-likeness (QED) is 0.543. The standard InChI is InChI=1S/C25H32O5/c1-25-11-10-18-17-9-7-16(30-22-5-3-4-12-29-22)13-15(17)6-8-19(18)21(25)14-20(23(25)26)24(27)28-2/h7,9,13,18-22H,3-6,8,10-12,14H2,1-2H3/t18-,19-,20?,21+,22?,25+/m1/s1. The Kier molecular flexibility index (Phi) is 5.12. The average Bonchev–Trinajstić information content (AvgIpc) is 3.04. The number of ether oxygens (including phenoxy) is 3. The van der Waals surface area contributed by atoms with Gasteiger partial charge in [-0.2, -0.15) is 0 Å². The smallest absolute Gasteiger partial charge is 0.316 e. The highest BCUT2D eigenvalue weighted by Crippen LogP contribution is 2.61. The Morgan fingerprint density at radius 3 is 2.83 bits per heavy atom. The number of aryl methyl sites for hydroxylation is 1. The molecule has 5 heteroatoms. The first-order valence-corrected chi connectivity index (χ1v) is 11.5. The van der Waals surface area contributed by atoms with Gasteiger partial charge in [0.15, 0.2) is 12.1 Å². The van der Waals surface area contributed by atoms with Crippen molar-refractivity contribution >= 4 is 11.8 Å². The summed E-state index contributed by atoms with van der Waals surface area (Å²) >= 11 is 0. The van der Waals surface area contributed by atoms with Crippen LogP contribution in [0.5, 0.6) is 5.75 Å². The minimum atomic E-state index is -0.573. The fraction of sp³-hybridized carbons (Fsp3) is 0.680. The molecular formula is C25H32O5. The van der Waals surface area contributed by atoms with Gasteiger partial charge < -0.3 is 14.2 Å². The zero-order valence-electron chi connectivity index (χ0n) is 18.0. The number of benzene rings is 1. The predicted molar refractivity (Wildman–Crippen MR) is 111 cm³/mol. The van der Waals surface area contributed by atoms with Crippen molar-refractivity contribution in [2.45, 2.75) is 70.5 Å². The van der Waals surface area contributed by atoms with Crippen molar-refractivity contribution in [2.75, 3.05) is 13.7 Å². The third kappa shape index (κ3) is 3.17. The number of esters is 1. The van der Waals surface area contributed by atoms with E-state index >= 15 is 0 Å². The molecule has 1 heterocycles. The van der Waals surface area contributed by atoms with Crippen molar-refractivity contribution in [3.05, 3.63) is 29.3 Å². The van der Waals surface area contributed by atoms with E-state index in [2.05, 4.69) is 25.1 Å². The van der Waals surface area contributed by atoms with Gasteiger partial charge in [-0.3, -0.25) is 9.59 Å². The van der Waals surface area contributed by atoms with Crippen LogP contribution >= 0.6 is 0 Å². The van der Waals surface area contributed by atoms with E-state index in [0.717, 1.165) is 57.3 Å². The zero-order chi connectivity index (χ0) is 20.9. The number of rotatable bonds is 3. The molecular weight excluding hydrogens is 380 g/mol. The summed E-state index contributed by atoms with van der Waals surface area (Å²) in [5.41, 5.74) is 2.42. The summed E-state index contributed by atoms with van der Waals surface area (Å²) in [7, 11) is 1.39. The van der Waals surface area contributed by atoms with Gasteiger partial charge in [0.1, 0.15) is 11.7 Å². The Morgan fingerprint density at radius 1 is 1.20 bits per heavy atom. The molecule has 1 aromatic rings. The van der Waals surface area contributed by atoms with Crippen molar-refractivity contribution in [1.82, 2.24) is 0 Å². The van der Waals surface area contributed by atoms with Crippen molar-refractivity contribution < 1.29 is 23.8 Å². The van der Waals surface area contributed by atoms with Gasteiger partial charge in [0.25, 0.3) is 0 Å². The van der Waals surface area contributed by atoms with Crippen LogP contribution in [0.2, 0.25) is 0 Å². The number of fused-ring (bicyclic) bond motifs is 5. The molecule has 1 aliphatic heterocycles. The molecule has 1 aromatic carbocycles. The third-order valence-electron chi connectivity index (χ3n) is 8.35. The van der Waals surface area contributed by atoms with Crippen molar-refractivity contribution in [2.24, 2.45) is 23.2 Å². The number of hydrogen-bond acceptors (Lipinski definition) is 5. The van der Waals surface area contributed by atoms with Crippen LogP contribution < -0.4 is 4.74 Å². The first-order chi connectivity index (χ1) is 14.5. The van der Waals surface area contributed by atoms with Crippen LogP contribution in [-0.2, 0) is 25.5 Å². The Hall–Kier alpha value is -1.88. The van der Waals surface area contributed by atoms with Crippen molar-refractivity contribution in [3.8, 4) is 5.75 Å². The molecule has 0 bridgehead atoms. The third-order valence-corrected chi connectivity index (χ3v) is 8.35. The van der Waals surface area contributed by atoms with Gasteiger partial charge in [-0.15, -0.1) is 0 Å². The summed E-state index contributed by atoms with van der Waals surface area (Å²) in [6.07, 6.45) is 7.71. The number of hydrogen-bond donors (Lipinski definition) is 0. The minimum absolute atomic E-state index is 0.111. The fourth-order valence-electron chi connectivity index (χ4n) is 6.75. The lowest BCUT2D eigenvalue weighted by atomic mass is 9.55. The molecule has 162 valence electrons. The maximum Gasteiger partial charge on any atom is 0.316 e. The molecule has 3 fully saturated rings. The lowest BCUT2D eigenvalue weighted by Crippen LogP contribution is -2.43. The minimum Gasteiger partial charge on any atom is -0.468 e. The van der Waals surface area contributed by atoms with Gasteiger partial charge in [-0.05, 0) is 86.0 Å². The number of carbonyl (C=O) groups is 2. The van der Waals surface area contributed by atoms with Crippen molar-refractivity contribution in [3.63, 3.8) is 0 Å². The molecule has 2 saturated carbocycles. The predicted octanol–water partition coefficient (Wildman–Crippen LogP) is 4.42. The Morgan fingerprint density at radius 2 is 2.07 bits per heavy atom. The zero-order valence-corrected chi connectivity index (χ0v) is 18.0. The number of ketones is 1. The Bertz CT molecular complexity index is 842. The first-order valence-electron chi connectivity index (χ1n) is 11.5. The summed E-state index contributed by atoms with van der Waals surface area (Å²) in [4.78, 5) is 25.3. The van der Waals surface area contributed by atoms with Crippen LogP contribution in [0.3, 0.4) is 0 Å². The van der Waals surface area contributed by atoms with Gasteiger partial charge in [0.2, 0.25) is 0 Å². The van der Waals surface area contributed by atoms with Gasteiger partial charge >= 0.3 is 5.97 Å². The highest BCUT2D eigenvalue weighted by molar-refractivity contribution is 6.03. The summed E-state index contributed by atoms with van der Waals surface area (Å²) in [5.74, 6) is 1.29. The number of Topliss-reactive ketones (excluding diaryl/α,β-unsaturated/α-hetero) is 1. The van der Waals surface area contributed by atoms with E-state index in [-0.39, 0.29) is 29.4 Å². The molecule has 3 aliphatic carbocycles. The Balaban J connectivity index is 1.36. The van der Waals surface area contributed by atoms with E-state index in [9.17, 15) is 9.59 Å². The second-order valence-corrected chi connectivity index (χ2v) is 9.82. The number of methoxy groups -OCH3 is 1. The molecule has 0 radical (unpaired) electrons. The molecule has 0 N–H and O–H groups in total. The highest BCUT2D eigenvalue weighted by Gasteiger charge is 2.59. The van der Waals surface area contributed by atoms with Crippen LogP contribution in [0.4, 0.5) is 0 Å². The summed E-state index contributed by atoms with van der Waals surface area (Å²) in [5, 5.41) is 0. The summed E-state index contributed by atoms with van der Waals surface area (Å²) < 4.78 is 16.8. The molecule has 5 nitrogen and oxygen atoms in total. The average molecular weight is 413 g/mol. The number of carbonyl (C=O) groups excluding carboxylic acids is 2. The largest absolute Gasteiger partial charge is 0.468 e. The summed E-state index contributed by atoms with van der Waals surface area (Å²) in [6, 6.07) is 6.53. The maximum atomic E-state index is 13.1. The second-order valence-electron chi connectivity index (χ2n) is 9.82. The summed E-state index contributed by atoms with van der Waals surface area (Å²) in [6.45, 7) is 2.88. The van der Waals surface area contributed by atoms with E-state index in [0.29, 0.717) is 18.3 Å². The van der Waals surface area contributed by atoms with E-state index in [4.69, 9.17) is 14.2 Å². The molecule has 5 rings (SSSR count). The van der Waals surface area contributed by atoms with E-state index < -0.39 is 5.92 Å². The molecule has 4 aliphatic rings. The van der Waals surface area contributed by atoms with Crippen LogP contribution in [0.15, 0.2) is 18.2 Å². The monoisotopic (exact) mass is 412 g/mol. The van der Waals surface area contributed by atoms with Crippen LogP contribution in [0, 0.1) is 23.2 Å². The topological polar surface area (TPSA) is 61.8 Å².